The van der Waals surface area contributed by atoms with Crippen LogP contribution >= 0.6 is 11.6 Å². The number of ether oxygens (including phenoxy) is 1. The van der Waals surface area contributed by atoms with E-state index in [1.54, 1.807) is 12.1 Å². The highest BCUT2D eigenvalue weighted by Gasteiger charge is 2.14. The molecule has 0 radical (unpaired) electrons. The van der Waals surface area contributed by atoms with Gasteiger partial charge in [0, 0.05) is 31.1 Å². The van der Waals surface area contributed by atoms with Crippen molar-refractivity contribution in [2.75, 3.05) is 20.1 Å². The van der Waals surface area contributed by atoms with Crippen molar-refractivity contribution in [1.82, 2.24) is 15.2 Å². The zero-order valence-corrected chi connectivity index (χ0v) is 18.2. The largest absolute Gasteiger partial charge is 0.457 e. The third-order valence-corrected chi connectivity index (χ3v) is 5.69. The van der Waals surface area contributed by atoms with Crippen molar-refractivity contribution in [3.05, 3.63) is 58.7 Å². The summed E-state index contributed by atoms with van der Waals surface area (Å²) in [4.78, 5) is 21.6. The van der Waals surface area contributed by atoms with Gasteiger partial charge in [-0.2, -0.15) is 0 Å². The van der Waals surface area contributed by atoms with Gasteiger partial charge in [0.1, 0.15) is 17.2 Å². The first-order valence-electron chi connectivity index (χ1n) is 10.4. The molecule has 0 spiro atoms. The van der Waals surface area contributed by atoms with Crippen molar-refractivity contribution in [3.63, 3.8) is 0 Å². The molecule has 1 fully saturated rings. The number of likely N-dealkylation sites (tertiary alicyclic amines) is 1. The SMILES string of the molecule is CN=C(N)NC(=O)c1cc2c(Cl)cc(Oc3cccc(CN4CCCCC4)c3)cc2[nH]1. The highest BCUT2D eigenvalue weighted by Crippen LogP contribution is 2.32. The second-order valence-electron chi connectivity index (χ2n) is 7.70. The molecule has 1 amide bonds. The van der Waals surface area contributed by atoms with Crippen molar-refractivity contribution in [3.8, 4) is 11.5 Å². The molecule has 1 aliphatic heterocycles. The lowest BCUT2D eigenvalue weighted by Crippen LogP contribution is -2.36. The Morgan fingerprint density at radius 3 is 2.77 bits per heavy atom. The van der Waals surface area contributed by atoms with Crippen LogP contribution in [0.1, 0.15) is 35.3 Å². The number of nitrogens with one attached hydrogen (secondary N) is 2. The maximum Gasteiger partial charge on any atom is 0.274 e. The summed E-state index contributed by atoms with van der Waals surface area (Å²) in [6, 6.07) is 13.4. The van der Waals surface area contributed by atoms with E-state index in [4.69, 9.17) is 22.1 Å². The summed E-state index contributed by atoms with van der Waals surface area (Å²) < 4.78 is 6.09. The van der Waals surface area contributed by atoms with E-state index in [1.165, 1.54) is 31.9 Å². The van der Waals surface area contributed by atoms with E-state index in [9.17, 15) is 4.79 Å². The Balaban J connectivity index is 1.52. The number of carbonyl (C=O) groups excluding carboxylic acids is 1. The third kappa shape index (κ3) is 5.18. The van der Waals surface area contributed by atoms with Gasteiger partial charge in [-0.1, -0.05) is 30.2 Å². The number of nitrogens with zero attached hydrogens (tertiary/aromatic N) is 2. The zero-order valence-electron chi connectivity index (χ0n) is 17.5. The van der Waals surface area contributed by atoms with Crippen LogP contribution in [0, 0.1) is 0 Å². The summed E-state index contributed by atoms with van der Waals surface area (Å²) in [6.07, 6.45) is 3.86. The number of hydrogen-bond acceptors (Lipinski definition) is 4. The monoisotopic (exact) mass is 439 g/mol. The second kappa shape index (κ2) is 9.41. The van der Waals surface area contributed by atoms with Crippen LogP contribution < -0.4 is 15.8 Å². The number of piperidine rings is 1. The van der Waals surface area contributed by atoms with Crippen LogP contribution in [0.5, 0.6) is 11.5 Å². The molecule has 8 heteroatoms. The minimum atomic E-state index is -0.386. The van der Waals surface area contributed by atoms with E-state index in [0.29, 0.717) is 22.0 Å². The van der Waals surface area contributed by atoms with Crippen LogP contribution in [0.3, 0.4) is 0 Å². The molecule has 162 valence electrons. The number of hydrogen-bond donors (Lipinski definition) is 3. The Bertz CT molecular complexity index is 1120. The van der Waals surface area contributed by atoms with Gasteiger partial charge in [-0.25, -0.2) is 0 Å². The number of aromatic nitrogens is 1. The summed E-state index contributed by atoms with van der Waals surface area (Å²) in [7, 11) is 1.50. The molecule has 0 atom stereocenters. The minimum Gasteiger partial charge on any atom is -0.457 e. The number of carbonyl (C=O) groups is 1. The average Bonchev–Trinajstić information content (AvgIpc) is 3.20. The summed E-state index contributed by atoms with van der Waals surface area (Å²) in [5.74, 6) is 1.00. The van der Waals surface area contributed by atoms with E-state index in [1.807, 2.05) is 18.2 Å². The van der Waals surface area contributed by atoms with Crippen LogP contribution in [-0.2, 0) is 6.54 Å². The standard InChI is InChI=1S/C23H26ClN5O2/c1-26-23(25)28-22(30)21-13-18-19(24)11-17(12-20(18)27-21)31-16-7-5-6-15(10-16)14-29-8-3-2-4-9-29/h5-7,10-13,27H,2-4,8-9,14H2,1H3,(H3,25,26,28,30). The second-order valence-corrected chi connectivity index (χ2v) is 8.11. The predicted octanol–water partition coefficient (Wildman–Crippen LogP) is 4.27. The molecule has 1 aromatic heterocycles. The van der Waals surface area contributed by atoms with Gasteiger partial charge in [0.25, 0.3) is 5.91 Å². The summed E-state index contributed by atoms with van der Waals surface area (Å²) in [5.41, 5.74) is 7.83. The highest BCUT2D eigenvalue weighted by atomic mass is 35.5. The lowest BCUT2D eigenvalue weighted by Gasteiger charge is -2.26. The summed E-state index contributed by atoms with van der Waals surface area (Å²) in [5, 5.41) is 3.72. The van der Waals surface area contributed by atoms with E-state index in [0.717, 1.165) is 30.8 Å². The molecule has 4 rings (SSSR count). The fourth-order valence-electron chi connectivity index (χ4n) is 3.81. The molecular weight excluding hydrogens is 414 g/mol. The normalized spacial score (nSPS) is 15.2. The smallest absolute Gasteiger partial charge is 0.274 e. The van der Waals surface area contributed by atoms with Gasteiger partial charge in [0.2, 0.25) is 0 Å². The van der Waals surface area contributed by atoms with Crippen molar-refractivity contribution < 1.29 is 9.53 Å². The molecule has 2 heterocycles. The molecular formula is C23H26ClN5O2. The van der Waals surface area contributed by atoms with Gasteiger partial charge in [0.15, 0.2) is 5.96 Å². The first-order chi connectivity index (χ1) is 15.0. The number of halogens is 1. The quantitative estimate of drug-likeness (QED) is 0.408. The van der Waals surface area contributed by atoms with E-state index < -0.39 is 0 Å². The number of fused-ring (bicyclic) bond motifs is 1. The third-order valence-electron chi connectivity index (χ3n) is 5.38. The molecule has 31 heavy (non-hydrogen) atoms. The Kier molecular flexibility index (Phi) is 6.44. The lowest BCUT2D eigenvalue weighted by molar-refractivity contribution is 0.0972. The zero-order chi connectivity index (χ0) is 21.8. The van der Waals surface area contributed by atoms with Crippen LogP contribution in [0.25, 0.3) is 10.9 Å². The Morgan fingerprint density at radius 1 is 1.19 bits per heavy atom. The van der Waals surface area contributed by atoms with Gasteiger partial charge < -0.3 is 15.5 Å². The topological polar surface area (TPSA) is 95.7 Å². The number of rotatable bonds is 5. The number of amides is 1. The molecule has 0 aliphatic carbocycles. The van der Waals surface area contributed by atoms with Crippen molar-refractivity contribution >= 4 is 34.4 Å². The van der Waals surface area contributed by atoms with E-state index >= 15 is 0 Å². The van der Waals surface area contributed by atoms with E-state index in [-0.39, 0.29) is 11.9 Å². The van der Waals surface area contributed by atoms with Gasteiger partial charge in [-0.15, -0.1) is 0 Å². The first kappa shape index (κ1) is 21.2. The first-order valence-corrected chi connectivity index (χ1v) is 10.7. The fraction of sp³-hybridized carbons (Fsp3) is 0.304. The molecule has 0 saturated carbocycles. The lowest BCUT2D eigenvalue weighted by atomic mass is 10.1. The number of guanidine groups is 1. The molecule has 2 aromatic carbocycles. The number of aliphatic imine (C=N–C) groups is 1. The predicted molar refractivity (Wildman–Crippen MR) is 124 cm³/mol. The average molecular weight is 440 g/mol. The van der Waals surface area contributed by atoms with Crippen LogP contribution in [-0.4, -0.2) is 41.9 Å². The van der Waals surface area contributed by atoms with Crippen LogP contribution in [0.2, 0.25) is 5.02 Å². The molecule has 0 unspecified atom stereocenters. The molecule has 1 aliphatic rings. The van der Waals surface area contributed by atoms with Gasteiger partial charge in [-0.3, -0.25) is 20.0 Å². The Hall–Kier alpha value is -3.03. The number of aromatic amines is 1. The number of benzene rings is 2. The van der Waals surface area contributed by atoms with Crippen molar-refractivity contribution in [1.29, 1.82) is 0 Å². The number of H-pyrrole nitrogens is 1. The maximum absolute atomic E-state index is 12.3. The molecule has 1 saturated heterocycles. The van der Waals surface area contributed by atoms with Crippen molar-refractivity contribution in [2.45, 2.75) is 25.8 Å². The van der Waals surface area contributed by atoms with Crippen LogP contribution in [0.4, 0.5) is 0 Å². The molecule has 4 N–H and O–H groups in total. The number of nitrogens with two attached hydrogens (primary N) is 1. The summed E-state index contributed by atoms with van der Waals surface area (Å²) >= 11 is 6.45. The molecule has 7 nitrogen and oxygen atoms in total. The Morgan fingerprint density at radius 2 is 2.00 bits per heavy atom. The molecule has 3 aromatic rings. The van der Waals surface area contributed by atoms with Crippen molar-refractivity contribution in [2.24, 2.45) is 10.7 Å². The highest BCUT2D eigenvalue weighted by molar-refractivity contribution is 6.35. The fourth-order valence-corrected chi connectivity index (χ4v) is 4.07. The van der Waals surface area contributed by atoms with Gasteiger partial charge in [-0.05, 0) is 49.7 Å². The van der Waals surface area contributed by atoms with E-state index in [2.05, 4.69) is 32.3 Å². The van der Waals surface area contributed by atoms with Gasteiger partial charge in [0.05, 0.1) is 10.5 Å². The van der Waals surface area contributed by atoms with Crippen LogP contribution in [0.15, 0.2) is 47.5 Å². The maximum atomic E-state index is 12.3. The Labute approximate surface area is 186 Å². The summed E-state index contributed by atoms with van der Waals surface area (Å²) in [6.45, 7) is 3.22. The molecule has 0 bridgehead atoms. The minimum absolute atomic E-state index is 0.0446. The van der Waals surface area contributed by atoms with Gasteiger partial charge >= 0.3 is 0 Å².